The van der Waals surface area contributed by atoms with Crippen molar-refractivity contribution in [2.24, 2.45) is 22.0 Å². The molecule has 0 aromatic heterocycles. The predicted molar refractivity (Wildman–Crippen MR) is 95.7 cm³/mol. The molecular formula is C18H30N4O2. The average Bonchev–Trinajstić information content (AvgIpc) is 2.58. The first kappa shape index (κ1) is 18.6. The van der Waals surface area contributed by atoms with Crippen molar-refractivity contribution in [1.29, 1.82) is 0 Å². The van der Waals surface area contributed by atoms with E-state index in [1.807, 2.05) is 0 Å². The average molecular weight is 334 g/mol. The molecule has 2 rings (SSSR count). The summed E-state index contributed by atoms with van der Waals surface area (Å²) in [5.41, 5.74) is 7.30. The number of nitrogens with zero attached hydrogens (tertiary/aromatic N) is 2. The van der Waals surface area contributed by atoms with Crippen molar-refractivity contribution in [1.82, 2.24) is 10.9 Å². The van der Waals surface area contributed by atoms with Gasteiger partial charge in [-0.15, -0.1) is 0 Å². The highest BCUT2D eigenvalue weighted by Gasteiger charge is 2.17. The van der Waals surface area contributed by atoms with Gasteiger partial charge in [0, 0.05) is 24.3 Å². The van der Waals surface area contributed by atoms with Gasteiger partial charge in [0.2, 0.25) is 11.8 Å². The van der Waals surface area contributed by atoms with Crippen molar-refractivity contribution in [3.63, 3.8) is 0 Å². The molecule has 24 heavy (non-hydrogen) atoms. The van der Waals surface area contributed by atoms with E-state index in [2.05, 4.69) is 34.9 Å². The molecule has 0 radical (unpaired) electrons. The molecule has 0 bridgehead atoms. The minimum absolute atomic E-state index is 0.136. The summed E-state index contributed by atoms with van der Waals surface area (Å²) >= 11 is 0. The van der Waals surface area contributed by atoms with E-state index in [4.69, 9.17) is 0 Å². The van der Waals surface area contributed by atoms with Gasteiger partial charge in [-0.05, 0) is 50.4 Å². The molecule has 2 N–H and O–H groups in total. The topological polar surface area (TPSA) is 82.9 Å². The largest absolute Gasteiger partial charge is 0.273 e. The first-order valence-electron chi connectivity index (χ1n) is 9.27. The van der Waals surface area contributed by atoms with Crippen LogP contribution in [0.4, 0.5) is 0 Å². The Bertz CT molecular complexity index is 467. The molecule has 0 unspecified atom stereocenters. The summed E-state index contributed by atoms with van der Waals surface area (Å²) < 4.78 is 0. The van der Waals surface area contributed by atoms with E-state index in [9.17, 15) is 9.59 Å². The normalized spacial score (nSPS) is 27.9. The predicted octanol–water partition coefficient (Wildman–Crippen LogP) is 3.13. The Hall–Kier alpha value is -1.72. The first-order valence-corrected chi connectivity index (χ1v) is 9.27. The number of carbonyl (C=O) groups is 2. The lowest BCUT2D eigenvalue weighted by Crippen LogP contribution is -2.27. The molecule has 6 nitrogen and oxygen atoms in total. The van der Waals surface area contributed by atoms with E-state index in [0.29, 0.717) is 11.8 Å². The summed E-state index contributed by atoms with van der Waals surface area (Å²) in [5, 5.41) is 8.46. The third-order valence-corrected chi connectivity index (χ3v) is 5.01. The zero-order chi connectivity index (χ0) is 17.4. The third-order valence-electron chi connectivity index (χ3n) is 5.01. The van der Waals surface area contributed by atoms with E-state index in [1.54, 1.807) is 0 Å². The Kier molecular flexibility index (Phi) is 7.40. The van der Waals surface area contributed by atoms with Gasteiger partial charge in [-0.2, -0.15) is 10.2 Å². The molecule has 0 aliphatic heterocycles. The second-order valence-electron chi connectivity index (χ2n) is 7.07. The molecule has 6 heteroatoms. The van der Waals surface area contributed by atoms with Crippen molar-refractivity contribution in [3.05, 3.63) is 0 Å². The Morgan fingerprint density at radius 2 is 1.25 bits per heavy atom. The van der Waals surface area contributed by atoms with Crippen LogP contribution in [0.3, 0.4) is 0 Å². The lowest BCUT2D eigenvalue weighted by Gasteiger charge is -2.20. The molecule has 2 atom stereocenters. The van der Waals surface area contributed by atoms with Crippen LogP contribution in [0.15, 0.2) is 10.2 Å². The van der Waals surface area contributed by atoms with Crippen molar-refractivity contribution >= 4 is 23.2 Å². The van der Waals surface area contributed by atoms with Crippen molar-refractivity contribution < 1.29 is 9.59 Å². The molecular weight excluding hydrogens is 304 g/mol. The van der Waals surface area contributed by atoms with Gasteiger partial charge in [0.25, 0.3) is 0 Å². The fourth-order valence-electron chi connectivity index (χ4n) is 3.28. The highest BCUT2D eigenvalue weighted by molar-refractivity contribution is 5.90. The minimum Gasteiger partial charge on any atom is -0.273 e. The van der Waals surface area contributed by atoms with Gasteiger partial charge >= 0.3 is 0 Å². The number of amides is 2. The Morgan fingerprint density at radius 1 is 0.833 bits per heavy atom. The van der Waals surface area contributed by atoms with Crippen molar-refractivity contribution in [2.75, 3.05) is 0 Å². The second-order valence-corrected chi connectivity index (χ2v) is 7.07. The maximum Gasteiger partial charge on any atom is 0.240 e. The lowest BCUT2D eigenvalue weighted by atomic mass is 9.89. The summed E-state index contributed by atoms with van der Waals surface area (Å²) in [5.74, 6) is 0.453. The van der Waals surface area contributed by atoms with Crippen LogP contribution in [-0.4, -0.2) is 23.2 Å². The molecule has 0 saturated heterocycles. The number of rotatable bonds is 5. The molecule has 134 valence electrons. The van der Waals surface area contributed by atoms with Crippen LogP contribution < -0.4 is 10.9 Å². The van der Waals surface area contributed by atoms with E-state index in [1.165, 1.54) is 12.8 Å². The molecule has 2 saturated carbocycles. The van der Waals surface area contributed by atoms with Crippen LogP contribution in [0.2, 0.25) is 0 Å². The Labute approximate surface area is 144 Å². The fraction of sp³-hybridized carbons (Fsp3) is 0.778. The molecule has 2 aliphatic carbocycles. The van der Waals surface area contributed by atoms with Crippen molar-refractivity contribution in [3.8, 4) is 0 Å². The highest BCUT2D eigenvalue weighted by Crippen LogP contribution is 2.21. The van der Waals surface area contributed by atoms with Gasteiger partial charge in [-0.25, -0.2) is 10.9 Å². The zero-order valence-electron chi connectivity index (χ0n) is 14.9. The summed E-state index contributed by atoms with van der Waals surface area (Å²) in [4.78, 5) is 23.6. The van der Waals surface area contributed by atoms with Crippen LogP contribution in [0.1, 0.15) is 78.1 Å². The van der Waals surface area contributed by atoms with E-state index < -0.39 is 0 Å². The molecule has 2 aliphatic rings. The minimum atomic E-state index is -0.214. The summed E-state index contributed by atoms with van der Waals surface area (Å²) in [7, 11) is 0. The maximum atomic E-state index is 11.8. The number of nitrogens with one attached hydrogen (secondary N) is 2. The Morgan fingerprint density at radius 3 is 1.62 bits per heavy atom. The van der Waals surface area contributed by atoms with Crippen molar-refractivity contribution in [2.45, 2.75) is 78.1 Å². The van der Waals surface area contributed by atoms with E-state index in [0.717, 1.165) is 49.9 Å². The summed E-state index contributed by atoms with van der Waals surface area (Å²) in [6.07, 6.45) is 9.20. The summed E-state index contributed by atoms with van der Waals surface area (Å²) in [6.45, 7) is 4.28. The van der Waals surface area contributed by atoms with Gasteiger partial charge in [-0.1, -0.05) is 26.7 Å². The van der Waals surface area contributed by atoms with Crippen LogP contribution in [0.5, 0.6) is 0 Å². The number of carbonyl (C=O) groups excluding carboxylic acids is 2. The molecule has 0 aromatic carbocycles. The van der Waals surface area contributed by atoms with Crippen LogP contribution in [-0.2, 0) is 9.59 Å². The van der Waals surface area contributed by atoms with Crippen LogP contribution in [0, 0.1) is 11.8 Å². The summed E-state index contributed by atoms with van der Waals surface area (Å²) in [6, 6.07) is 0. The zero-order valence-corrected chi connectivity index (χ0v) is 14.9. The molecule has 0 aromatic rings. The SMILES string of the molecule is C[C@@H]1CCCC/C1=N/NC(=O)CCC(=O)N/N=C1\CCCC[C@H]1C. The van der Waals surface area contributed by atoms with E-state index in [-0.39, 0.29) is 24.7 Å². The number of hydrogen-bond acceptors (Lipinski definition) is 4. The van der Waals surface area contributed by atoms with Gasteiger partial charge in [0.05, 0.1) is 0 Å². The maximum absolute atomic E-state index is 11.8. The second kappa shape index (κ2) is 9.55. The third kappa shape index (κ3) is 6.06. The lowest BCUT2D eigenvalue weighted by molar-refractivity contribution is -0.126. The molecule has 0 spiro atoms. The monoisotopic (exact) mass is 334 g/mol. The van der Waals surface area contributed by atoms with Gasteiger partial charge in [0.1, 0.15) is 0 Å². The van der Waals surface area contributed by atoms with Gasteiger partial charge < -0.3 is 0 Å². The number of hydrazone groups is 2. The van der Waals surface area contributed by atoms with Gasteiger partial charge in [0.15, 0.2) is 0 Å². The molecule has 2 amide bonds. The van der Waals surface area contributed by atoms with Crippen LogP contribution >= 0.6 is 0 Å². The standard InChI is InChI=1S/C18H30N4O2/c1-13-7-3-5-9-15(13)19-21-17(23)11-12-18(24)22-20-16-10-6-4-8-14(16)2/h13-14H,3-12H2,1-2H3,(H,21,23)(H,22,24)/b19-15-,20-16+/t13-,14-/m1/s1. The van der Waals surface area contributed by atoms with Crippen LogP contribution in [0.25, 0.3) is 0 Å². The Balaban J connectivity index is 1.68. The quantitative estimate of drug-likeness (QED) is 0.757. The van der Waals surface area contributed by atoms with Gasteiger partial charge in [-0.3, -0.25) is 9.59 Å². The smallest absolute Gasteiger partial charge is 0.240 e. The molecule has 2 fully saturated rings. The molecule has 0 heterocycles. The number of hydrogen-bond donors (Lipinski definition) is 2. The first-order chi connectivity index (χ1) is 11.6. The fourth-order valence-corrected chi connectivity index (χ4v) is 3.28. The van der Waals surface area contributed by atoms with E-state index >= 15 is 0 Å². The highest BCUT2D eigenvalue weighted by atomic mass is 16.2.